The van der Waals surface area contributed by atoms with Crippen LogP contribution in [-0.4, -0.2) is 4.92 Å². The average Bonchev–Trinajstić information content (AvgIpc) is 2.42. The van der Waals surface area contributed by atoms with Gasteiger partial charge in [-0.3, -0.25) is 16.0 Å². The SMILES string of the molecule is Cc1ccc(F)cc1Oc1cccc(NN)c1[N+](=O)[O-]. The summed E-state index contributed by atoms with van der Waals surface area (Å²) < 4.78 is 18.7. The number of rotatable bonds is 4. The highest BCUT2D eigenvalue weighted by Crippen LogP contribution is 2.37. The molecule has 7 heteroatoms. The monoisotopic (exact) mass is 277 g/mol. The third-order valence-corrected chi connectivity index (χ3v) is 2.71. The van der Waals surface area contributed by atoms with Gasteiger partial charge in [-0.1, -0.05) is 12.1 Å². The molecule has 0 aliphatic heterocycles. The number of para-hydroxylation sites is 1. The first kappa shape index (κ1) is 13.8. The zero-order chi connectivity index (χ0) is 14.7. The molecular formula is C13H12FN3O3. The molecule has 2 rings (SSSR count). The van der Waals surface area contributed by atoms with Gasteiger partial charge in [-0.15, -0.1) is 0 Å². The highest BCUT2D eigenvalue weighted by molar-refractivity contribution is 5.68. The van der Waals surface area contributed by atoms with Crippen molar-refractivity contribution < 1.29 is 14.1 Å². The van der Waals surface area contributed by atoms with Crippen molar-refractivity contribution in [3.05, 3.63) is 57.9 Å². The number of hydrazine groups is 1. The van der Waals surface area contributed by atoms with E-state index in [1.54, 1.807) is 13.0 Å². The summed E-state index contributed by atoms with van der Waals surface area (Å²) in [6.07, 6.45) is 0. The Morgan fingerprint density at radius 1 is 1.30 bits per heavy atom. The van der Waals surface area contributed by atoms with Gasteiger partial charge in [0, 0.05) is 6.07 Å². The predicted molar refractivity (Wildman–Crippen MR) is 72.1 cm³/mol. The first-order valence-electron chi connectivity index (χ1n) is 5.71. The predicted octanol–water partition coefficient (Wildman–Crippen LogP) is 3.12. The maximum atomic E-state index is 13.2. The number of hydrogen-bond acceptors (Lipinski definition) is 5. The maximum absolute atomic E-state index is 13.2. The van der Waals surface area contributed by atoms with Gasteiger partial charge in [0.1, 0.15) is 17.3 Å². The first-order valence-corrected chi connectivity index (χ1v) is 5.71. The Labute approximate surface area is 114 Å². The molecule has 0 aromatic heterocycles. The number of nitrogen functional groups attached to an aromatic ring is 1. The highest BCUT2D eigenvalue weighted by atomic mass is 19.1. The quantitative estimate of drug-likeness (QED) is 0.509. The van der Waals surface area contributed by atoms with Crippen molar-refractivity contribution in [3.63, 3.8) is 0 Å². The van der Waals surface area contributed by atoms with Crippen LogP contribution in [0.4, 0.5) is 15.8 Å². The number of ether oxygens (including phenoxy) is 1. The van der Waals surface area contributed by atoms with Crippen LogP contribution in [0.1, 0.15) is 5.56 Å². The van der Waals surface area contributed by atoms with Crippen LogP contribution in [0.15, 0.2) is 36.4 Å². The van der Waals surface area contributed by atoms with Crippen LogP contribution >= 0.6 is 0 Å². The lowest BCUT2D eigenvalue weighted by Gasteiger charge is -2.10. The van der Waals surface area contributed by atoms with Crippen molar-refractivity contribution in [1.29, 1.82) is 0 Å². The van der Waals surface area contributed by atoms with Gasteiger partial charge in [0.15, 0.2) is 0 Å². The minimum atomic E-state index is -0.612. The zero-order valence-electron chi connectivity index (χ0n) is 10.6. The van der Waals surface area contributed by atoms with E-state index in [2.05, 4.69) is 5.43 Å². The Bertz CT molecular complexity index is 661. The standard InChI is InChI=1S/C13H12FN3O3/c1-8-5-6-9(14)7-12(8)20-11-4-2-3-10(16-15)13(11)17(18)19/h2-7,16H,15H2,1H3. The fourth-order valence-electron chi connectivity index (χ4n) is 1.71. The minimum Gasteiger partial charge on any atom is -0.450 e. The first-order chi connectivity index (χ1) is 9.52. The van der Waals surface area contributed by atoms with E-state index in [0.717, 1.165) is 0 Å². The Morgan fingerprint density at radius 2 is 2.05 bits per heavy atom. The largest absolute Gasteiger partial charge is 0.450 e. The molecule has 0 spiro atoms. The summed E-state index contributed by atoms with van der Waals surface area (Å²) in [5, 5.41) is 11.1. The molecule has 0 saturated carbocycles. The Balaban J connectivity index is 2.48. The summed E-state index contributed by atoms with van der Waals surface area (Å²) in [6.45, 7) is 1.71. The van der Waals surface area contributed by atoms with Crippen molar-refractivity contribution >= 4 is 11.4 Å². The van der Waals surface area contributed by atoms with Crippen LogP contribution < -0.4 is 16.0 Å². The number of hydrogen-bond donors (Lipinski definition) is 2. The average molecular weight is 277 g/mol. The molecule has 2 aromatic rings. The molecule has 6 nitrogen and oxygen atoms in total. The number of halogens is 1. The fraction of sp³-hybridized carbons (Fsp3) is 0.0769. The van der Waals surface area contributed by atoms with Crippen molar-refractivity contribution in [2.45, 2.75) is 6.92 Å². The normalized spacial score (nSPS) is 10.2. The van der Waals surface area contributed by atoms with E-state index in [1.807, 2.05) is 0 Å². The number of nitro groups is 1. The minimum absolute atomic E-state index is 0.0147. The number of nitrogens with two attached hydrogens (primary N) is 1. The number of benzene rings is 2. The van der Waals surface area contributed by atoms with Gasteiger partial charge >= 0.3 is 5.69 Å². The van der Waals surface area contributed by atoms with E-state index in [1.165, 1.54) is 30.3 Å². The Kier molecular flexibility index (Phi) is 3.81. The van der Waals surface area contributed by atoms with Gasteiger partial charge in [-0.05, 0) is 30.7 Å². The number of aryl methyl sites for hydroxylation is 1. The van der Waals surface area contributed by atoms with Crippen LogP contribution in [0.25, 0.3) is 0 Å². The molecule has 2 aromatic carbocycles. The van der Waals surface area contributed by atoms with E-state index in [0.29, 0.717) is 5.56 Å². The summed E-state index contributed by atoms with van der Waals surface area (Å²) >= 11 is 0. The van der Waals surface area contributed by atoms with E-state index in [4.69, 9.17) is 10.6 Å². The van der Waals surface area contributed by atoms with Gasteiger partial charge in [0.2, 0.25) is 5.75 Å². The number of anilines is 1. The molecule has 0 atom stereocenters. The van der Waals surface area contributed by atoms with Gasteiger partial charge in [-0.25, -0.2) is 4.39 Å². The van der Waals surface area contributed by atoms with Gasteiger partial charge < -0.3 is 10.2 Å². The third-order valence-electron chi connectivity index (χ3n) is 2.71. The maximum Gasteiger partial charge on any atom is 0.335 e. The van der Waals surface area contributed by atoms with E-state index < -0.39 is 10.7 Å². The second-order valence-electron chi connectivity index (χ2n) is 4.07. The van der Waals surface area contributed by atoms with Crippen LogP contribution in [0.5, 0.6) is 11.5 Å². The lowest BCUT2D eigenvalue weighted by molar-refractivity contribution is -0.384. The lowest BCUT2D eigenvalue weighted by Crippen LogP contribution is -2.09. The third kappa shape index (κ3) is 2.67. The molecule has 104 valence electrons. The molecule has 3 N–H and O–H groups in total. The second kappa shape index (κ2) is 5.54. The molecule has 0 bridgehead atoms. The van der Waals surface area contributed by atoms with E-state index in [9.17, 15) is 14.5 Å². The zero-order valence-corrected chi connectivity index (χ0v) is 10.6. The van der Waals surface area contributed by atoms with Crippen LogP contribution in [0, 0.1) is 22.9 Å². The molecule has 0 amide bonds. The molecule has 0 radical (unpaired) electrons. The van der Waals surface area contributed by atoms with Crippen molar-refractivity contribution in [1.82, 2.24) is 0 Å². The summed E-state index contributed by atoms with van der Waals surface area (Å²) in [5.41, 5.74) is 2.70. The topological polar surface area (TPSA) is 90.4 Å². The molecule has 0 saturated heterocycles. The van der Waals surface area contributed by atoms with Crippen molar-refractivity contribution in [2.75, 3.05) is 5.43 Å². The molecule has 0 aliphatic carbocycles. The molecule has 0 heterocycles. The summed E-state index contributed by atoms with van der Waals surface area (Å²) in [4.78, 5) is 10.5. The highest BCUT2D eigenvalue weighted by Gasteiger charge is 2.21. The van der Waals surface area contributed by atoms with Crippen molar-refractivity contribution in [2.24, 2.45) is 5.84 Å². The number of nitrogens with zero attached hydrogens (tertiary/aromatic N) is 1. The number of nitro benzene ring substituents is 1. The lowest BCUT2D eigenvalue weighted by atomic mass is 10.2. The molecule has 20 heavy (non-hydrogen) atoms. The Morgan fingerprint density at radius 3 is 2.70 bits per heavy atom. The van der Waals surface area contributed by atoms with Gasteiger partial charge in [0.25, 0.3) is 0 Å². The smallest absolute Gasteiger partial charge is 0.335 e. The summed E-state index contributed by atoms with van der Waals surface area (Å²) in [5.74, 6) is 4.95. The van der Waals surface area contributed by atoms with Crippen LogP contribution in [-0.2, 0) is 0 Å². The molecular weight excluding hydrogens is 265 g/mol. The van der Waals surface area contributed by atoms with E-state index in [-0.39, 0.29) is 22.9 Å². The molecule has 0 fully saturated rings. The molecule has 0 aliphatic rings. The fourth-order valence-corrected chi connectivity index (χ4v) is 1.71. The van der Waals surface area contributed by atoms with Crippen molar-refractivity contribution in [3.8, 4) is 11.5 Å². The van der Waals surface area contributed by atoms with E-state index >= 15 is 0 Å². The Hall–Kier alpha value is -2.67. The summed E-state index contributed by atoms with van der Waals surface area (Å²) in [6, 6.07) is 8.40. The number of nitrogens with one attached hydrogen (secondary N) is 1. The van der Waals surface area contributed by atoms with Gasteiger partial charge in [0.05, 0.1) is 4.92 Å². The summed E-state index contributed by atoms with van der Waals surface area (Å²) in [7, 11) is 0. The second-order valence-corrected chi connectivity index (χ2v) is 4.07. The molecule has 0 unspecified atom stereocenters. The van der Waals surface area contributed by atoms with Gasteiger partial charge in [-0.2, -0.15) is 0 Å². The van der Waals surface area contributed by atoms with Crippen LogP contribution in [0.2, 0.25) is 0 Å². The van der Waals surface area contributed by atoms with Crippen LogP contribution in [0.3, 0.4) is 0 Å².